The molecule has 1 aromatic heterocycles. The van der Waals surface area contributed by atoms with Gasteiger partial charge >= 0.3 is 0 Å². The maximum absolute atomic E-state index is 10.7. The van der Waals surface area contributed by atoms with Crippen LogP contribution in [-0.4, -0.2) is 10.7 Å². The molecule has 1 N–H and O–H groups in total. The minimum atomic E-state index is -0.0350. The molecule has 0 unspecified atom stereocenters. The highest BCUT2D eigenvalue weighted by Crippen LogP contribution is 1.83. The van der Waals surface area contributed by atoms with Gasteiger partial charge in [0.2, 0.25) is 0 Å². The first-order valence-corrected chi connectivity index (χ1v) is 3.74. The van der Waals surface area contributed by atoms with Gasteiger partial charge in [-0.05, 0) is 5.92 Å². The molecule has 0 radical (unpaired) electrons. The molecule has 0 fully saturated rings. The van der Waals surface area contributed by atoms with E-state index in [0.717, 1.165) is 0 Å². The predicted octanol–water partition coefficient (Wildman–Crippen LogP) is 0.656. The Morgan fingerprint density at radius 2 is 2.45 bits per heavy atom. The number of aromatic amines is 1. The van der Waals surface area contributed by atoms with Crippen LogP contribution < -0.4 is 5.43 Å². The van der Waals surface area contributed by atoms with Crippen LogP contribution in [0.15, 0.2) is 23.1 Å². The summed E-state index contributed by atoms with van der Waals surface area (Å²) >= 11 is 3.91. The first-order chi connectivity index (χ1) is 5.33. The van der Waals surface area contributed by atoms with Crippen molar-refractivity contribution in [1.82, 2.24) is 4.98 Å². The Balaban J connectivity index is 2.97. The minimum absolute atomic E-state index is 0.0350. The van der Waals surface area contributed by atoms with Crippen LogP contribution >= 0.6 is 12.6 Å². The Morgan fingerprint density at radius 3 is 3.09 bits per heavy atom. The van der Waals surface area contributed by atoms with Crippen molar-refractivity contribution in [3.05, 3.63) is 34.2 Å². The second-order valence-electron chi connectivity index (χ2n) is 1.90. The highest BCUT2D eigenvalue weighted by molar-refractivity contribution is 7.80. The van der Waals surface area contributed by atoms with Gasteiger partial charge in [0.15, 0.2) is 5.43 Å². The van der Waals surface area contributed by atoms with Gasteiger partial charge in [0, 0.05) is 18.3 Å². The van der Waals surface area contributed by atoms with E-state index in [1.165, 1.54) is 12.1 Å². The van der Waals surface area contributed by atoms with Crippen molar-refractivity contribution < 1.29 is 0 Å². The molecule has 2 nitrogen and oxygen atoms in total. The Labute approximate surface area is 70.1 Å². The third-order valence-electron chi connectivity index (χ3n) is 1.08. The lowest BCUT2D eigenvalue weighted by molar-refractivity contribution is 1.26. The average molecular weight is 165 g/mol. The fourth-order valence-electron chi connectivity index (χ4n) is 0.653. The predicted molar refractivity (Wildman–Crippen MR) is 47.8 cm³/mol. The molecular weight excluding hydrogens is 158 g/mol. The zero-order chi connectivity index (χ0) is 8.10. The number of H-pyrrole nitrogens is 1. The zero-order valence-electron chi connectivity index (χ0n) is 5.79. The Hall–Kier alpha value is -1.14. The first-order valence-electron chi connectivity index (χ1n) is 3.11. The van der Waals surface area contributed by atoms with Crippen LogP contribution in [-0.2, 0) is 0 Å². The smallest absolute Gasteiger partial charge is 0.182 e. The van der Waals surface area contributed by atoms with E-state index in [1.807, 2.05) is 0 Å². The second kappa shape index (κ2) is 3.89. The summed E-state index contributed by atoms with van der Waals surface area (Å²) in [7, 11) is 0. The molecule has 11 heavy (non-hydrogen) atoms. The van der Waals surface area contributed by atoms with Crippen molar-refractivity contribution in [2.45, 2.75) is 0 Å². The number of thiol groups is 1. The lowest BCUT2D eigenvalue weighted by atomic mass is 10.3. The van der Waals surface area contributed by atoms with E-state index in [1.54, 1.807) is 6.20 Å². The summed E-state index contributed by atoms with van der Waals surface area (Å²) in [5.74, 6) is 5.99. The van der Waals surface area contributed by atoms with Crippen LogP contribution in [0.2, 0.25) is 0 Å². The van der Waals surface area contributed by atoms with Gasteiger partial charge in [-0.3, -0.25) is 4.79 Å². The van der Waals surface area contributed by atoms with Crippen molar-refractivity contribution in [2.24, 2.45) is 0 Å². The van der Waals surface area contributed by atoms with Crippen molar-refractivity contribution in [3.63, 3.8) is 0 Å². The molecule has 1 heterocycles. The minimum Gasteiger partial charge on any atom is -0.355 e. The fourth-order valence-corrected chi connectivity index (χ4v) is 0.732. The maximum Gasteiger partial charge on any atom is 0.182 e. The fraction of sp³-hybridized carbons (Fsp3) is 0.125. The van der Waals surface area contributed by atoms with Gasteiger partial charge in [0.05, 0.1) is 11.4 Å². The number of hydrogen-bond acceptors (Lipinski definition) is 2. The van der Waals surface area contributed by atoms with Crippen LogP contribution in [0.3, 0.4) is 0 Å². The molecular formula is C8H7NOS. The molecule has 1 rings (SSSR count). The summed E-state index contributed by atoms with van der Waals surface area (Å²) in [4.78, 5) is 13.6. The van der Waals surface area contributed by atoms with Crippen molar-refractivity contribution in [2.75, 3.05) is 5.75 Å². The van der Waals surface area contributed by atoms with Crippen LogP contribution in [0.1, 0.15) is 5.69 Å². The van der Waals surface area contributed by atoms with E-state index >= 15 is 0 Å². The average Bonchev–Trinajstić information content (AvgIpc) is 2.01. The highest BCUT2D eigenvalue weighted by atomic mass is 32.1. The molecule has 0 saturated heterocycles. The molecule has 0 atom stereocenters. The van der Waals surface area contributed by atoms with E-state index in [9.17, 15) is 4.79 Å². The van der Waals surface area contributed by atoms with E-state index in [2.05, 4.69) is 29.5 Å². The molecule has 0 amide bonds. The van der Waals surface area contributed by atoms with Gasteiger partial charge in [-0.25, -0.2) is 0 Å². The van der Waals surface area contributed by atoms with E-state index in [0.29, 0.717) is 11.4 Å². The van der Waals surface area contributed by atoms with Crippen molar-refractivity contribution >= 4 is 12.6 Å². The highest BCUT2D eigenvalue weighted by Gasteiger charge is 1.84. The van der Waals surface area contributed by atoms with Crippen molar-refractivity contribution in [3.8, 4) is 11.8 Å². The van der Waals surface area contributed by atoms with Gasteiger partial charge < -0.3 is 4.98 Å². The van der Waals surface area contributed by atoms with Gasteiger partial charge in [-0.2, -0.15) is 12.6 Å². The third-order valence-corrected chi connectivity index (χ3v) is 1.23. The van der Waals surface area contributed by atoms with Gasteiger partial charge in [0.25, 0.3) is 0 Å². The standard InChI is InChI=1S/C8H7NOS/c10-8-3-4-9-7(6-8)2-1-5-11/h3-4,6,11H,5H2,(H,9,10). The topological polar surface area (TPSA) is 32.9 Å². The molecule has 1 aromatic rings. The molecule has 3 heteroatoms. The molecule has 0 aromatic carbocycles. The van der Waals surface area contributed by atoms with Crippen LogP contribution in [0, 0.1) is 11.8 Å². The van der Waals surface area contributed by atoms with Gasteiger partial charge in [-0.15, -0.1) is 0 Å². The third kappa shape index (κ3) is 2.52. The van der Waals surface area contributed by atoms with Gasteiger partial charge in [-0.1, -0.05) is 5.92 Å². The molecule has 56 valence electrons. The van der Waals surface area contributed by atoms with Crippen molar-refractivity contribution in [1.29, 1.82) is 0 Å². The van der Waals surface area contributed by atoms with E-state index in [-0.39, 0.29) is 5.43 Å². The number of hydrogen-bond donors (Lipinski definition) is 2. The van der Waals surface area contributed by atoms with Crippen LogP contribution in [0.4, 0.5) is 0 Å². The summed E-state index contributed by atoms with van der Waals surface area (Å²) in [5, 5.41) is 0. The number of rotatable bonds is 0. The van der Waals surface area contributed by atoms with E-state index < -0.39 is 0 Å². The maximum atomic E-state index is 10.7. The summed E-state index contributed by atoms with van der Waals surface area (Å²) in [6.07, 6.45) is 1.57. The van der Waals surface area contributed by atoms with E-state index in [4.69, 9.17) is 0 Å². The Kier molecular flexibility index (Phi) is 2.82. The Bertz CT molecular complexity index is 345. The molecule has 0 aliphatic heterocycles. The number of pyridine rings is 1. The van der Waals surface area contributed by atoms with Crippen LogP contribution in [0.5, 0.6) is 0 Å². The summed E-state index contributed by atoms with van der Waals surface area (Å²) < 4.78 is 0. The quantitative estimate of drug-likeness (QED) is 0.429. The second-order valence-corrected chi connectivity index (χ2v) is 2.21. The lowest BCUT2D eigenvalue weighted by Crippen LogP contribution is -1.97. The zero-order valence-corrected chi connectivity index (χ0v) is 6.69. The first kappa shape index (κ1) is 7.96. The largest absolute Gasteiger partial charge is 0.355 e. The summed E-state index contributed by atoms with van der Waals surface area (Å²) in [5.41, 5.74) is 0.596. The summed E-state index contributed by atoms with van der Waals surface area (Å²) in [6.45, 7) is 0. The van der Waals surface area contributed by atoms with Crippen LogP contribution in [0.25, 0.3) is 0 Å². The molecule has 0 spiro atoms. The van der Waals surface area contributed by atoms with Gasteiger partial charge in [0.1, 0.15) is 0 Å². The molecule has 0 bridgehead atoms. The number of nitrogens with one attached hydrogen (secondary N) is 1. The lowest BCUT2D eigenvalue weighted by Gasteiger charge is -1.86. The molecule has 0 saturated carbocycles. The molecule has 0 aliphatic carbocycles. The summed E-state index contributed by atoms with van der Waals surface area (Å²) in [6, 6.07) is 2.91. The Morgan fingerprint density at radius 1 is 1.64 bits per heavy atom. The SMILES string of the molecule is O=c1cc[nH]c(C#CCS)c1. The monoisotopic (exact) mass is 165 g/mol. The number of aromatic nitrogens is 1. The normalized spacial score (nSPS) is 8.45. The molecule has 0 aliphatic rings.